The SMILES string of the molecule is CCOc1ccc(N([C@@H](C)C(=O)Nc2cc(Cl)ccc2Oc2ccccc2)S(C)(=O)=O)cc1. The first-order valence-corrected chi connectivity index (χ1v) is 12.5. The van der Waals surface area contributed by atoms with E-state index in [0.717, 1.165) is 10.6 Å². The fraction of sp³-hybridized carbons (Fsp3) is 0.208. The highest BCUT2D eigenvalue weighted by Gasteiger charge is 2.29. The van der Waals surface area contributed by atoms with E-state index in [4.69, 9.17) is 21.1 Å². The highest BCUT2D eigenvalue weighted by molar-refractivity contribution is 7.92. The van der Waals surface area contributed by atoms with E-state index in [0.29, 0.717) is 40.3 Å². The lowest BCUT2D eigenvalue weighted by Gasteiger charge is -2.28. The van der Waals surface area contributed by atoms with Gasteiger partial charge in [-0.05, 0) is 68.4 Å². The lowest BCUT2D eigenvalue weighted by molar-refractivity contribution is -0.116. The Morgan fingerprint density at radius 3 is 2.30 bits per heavy atom. The molecular weight excluding hydrogens is 464 g/mol. The van der Waals surface area contributed by atoms with Gasteiger partial charge in [-0.3, -0.25) is 9.10 Å². The number of para-hydroxylation sites is 1. The summed E-state index contributed by atoms with van der Waals surface area (Å²) < 4.78 is 37.5. The van der Waals surface area contributed by atoms with Gasteiger partial charge >= 0.3 is 0 Å². The summed E-state index contributed by atoms with van der Waals surface area (Å²) in [6.07, 6.45) is 1.05. The molecule has 0 aromatic heterocycles. The summed E-state index contributed by atoms with van der Waals surface area (Å²) in [7, 11) is -3.77. The third-order valence-electron chi connectivity index (χ3n) is 4.66. The normalized spacial score (nSPS) is 12.0. The van der Waals surface area contributed by atoms with E-state index in [2.05, 4.69) is 5.32 Å². The molecule has 1 atom stereocenters. The predicted molar refractivity (Wildman–Crippen MR) is 131 cm³/mol. The summed E-state index contributed by atoms with van der Waals surface area (Å²) >= 11 is 6.13. The van der Waals surface area contributed by atoms with Crippen LogP contribution >= 0.6 is 11.6 Å². The maximum Gasteiger partial charge on any atom is 0.248 e. The number of hydrogen-bond acceptors (Lipinski definition) is 5. The van der Waals surface area contributed by atoms with Crippen LogP contribution in [0.25, 0.3) is 0 Å². The van der Waals surface area contributed by atoms with Crippen LogP contribution in [-0.4, -0.2) is 33.2 Å². The highest BCUT2D eigenvalue weighted by atomic mass is 35.5. The Labute approximate surface area is 198 Å². The van der Waals surface area contributed by atoms with Crippen molar-refractivity contribution in [2.45, 2.75) is 19.9 Å². The van der Waals surface area contributed by atoms with E-state index in [-0.39, 0.29) is 0 Å². The zero-order valence-electron chi connectivity index (χ0n) is 18.5. The van der Waals surface area contributed by atoms with Gasteiger partial charge in [-0.1, -0.05) is 29.8 Å². The molecule has 0 unspecified atom stereocenters. The Bertz CT molecular complexity index is 1200. The van der Waals surface area contributed by atoms with Gasteiger partial charge in [0, 0.05) is 5.02 Å². The minimum absolute atomic E-state index is 0.323. The van der Waals surface area contributed by atoms with Crippen LogP contribution < -0.4 is 19.1 Å². The van der Waals surface area contributed by atoms with E-state index >= 15 is 0 Å². The zero-order valence-corrected chi connectivity index (χ0v) is 20.1. The van der Waals surface area contributed by atoms with Gasteiger partial charge in [0.1, 0.15) is 17.5 Å². The second-order valence-corrected chi connectivity index (χ2v) is 9.50. The van der Waals surface area contributed by atoms with Crippen LogP contribution in [0.5, 0.6) is 17.2 Å². The first kappa shape index (κ1) is 24.4. The molecule has 0 aliphatic carbocycles. The fourth-order valence-corrected chi connectivity index (χ4v) is 4.55. The van der Waals surface area contributed by atoms with Gasteiger partial charge in [-0.25, -0.2) is 8.42 Å². The molecule has 0 heterocycles. The number of rotatable bonds is 9. The van der Waals surface area contributed by atoms with E-state index in [1.54, 1.807) is 54.6 Å². The van der Waals surface area contributed by atoms with Crippen molar-refractivity contribution in [2.24, 2.45) is 0 Å². The number of sulfonamides is 1. The predicted octanol–water partition coefficient (Wildman–Crippen LogP) is 5.32. The summed E-state index contributed by atoms with van der Waals surface area (Å²) in [6.45, 7) is 3.85. The monoisotopic (exact) mass is 488 g/mol. The number of ether oxygens (including phenoxy) is 2. The summed E-state index contributed by atoms with van der Waals surface area (Å²) in [5, 5.41) is 3.14. The molecule has 33 heavy (non-hydrogen) atoms. The van der Waals surface area contributed by atoms with Crippen molar-refractivity contribution >= 4 is 38.9 Å². The minimum Gasteiger partial charge on any atom is -0.494 e. The Balaban J connectivity index is 1.86. The molecule has 3 aromatic carbocycles. The molecule has 1 amide bonds. The molecule has 0 aliphatic rings. The van der Waals surface area contributed by atoms with Crippen molar-refractivity contribution in [3.05, 3.63) is 77.8 Å². The van der Waals surface area contributed by atoms with Crippen LogP contribution in [0.15, 0.2) is 72.8 Å². The maximum absolute atomic E-state index is 13.1. The average Bonchev–Trinajstić information content (AvgIpc) is 2.77. The van der Waals surface area contributed by atoms with Crippen molar-refractivity contribution in [3.8, 4) is 17.2 Å². The van der Waals surface area contributed by atoms with Gasteiger partial charge in [0.05, 0.1) is 24.2 Å². The smallest absolute Gasteiger partial charge is 0.248 e. The van der Waals surface area contributed by atoms with E-state index < -0.39 is 22.0 Å². The van der Waals surface area contributed by atoms with Gasteiger partial charge in [0.2, 0.25) is 15.9 Å². The van der Waals surface area contributed by atoms with Crippen molar-refractivity contribution in [1.82, 2.24) is 0 Å². The molecule has 0 fully saturated rings. The molecule has 9 heteroatoms. The number of carbonyl (C=O) groups excluding carboxylic acids is 1. The first-order chi connectivity index (χ1) is 15.7. The number of benzene rings is 3. The molecule has 174 valence electrons. The Morgan fingerprint density at radius 2 is 1.70 bits per heavy atom. The lowest BCUT2D eigenvalue weighted by Crippen LogP contribution is -2.45. The van der Waals surface area contributed by atoms with Crippen LogP contribution in [0.1, 0.15) is 13.8 Å². The fourth-order valence-electron chi connectivity index (χ4n) is 3.21. The number of amides is 1. The molecule has 3 aromatic rings. The van der Waals surface area contributed by atoms with Gasteiger partial charge < -0.3 is 14.8 Å². The number of nitrogens with zero attached hydrogens (tertiary/aromatic N) is 1. The Kier molecular flexibility index (Phi) is 7.84. The molecule has 0 radical (unpaired) electrons. The number of halogens is 1. The Morgan fingerprint density at radius 1 is 1.03 bits per heavy atom. The quantitative estimate of drug-likeness (QED) is 0.440. The first-order valence-electron chi connectivity index (χ1n) is 10.2. The minimum atomic E-state index is -3.77. The second-order valence-electron chi connectivity index (χ2n) is 7.21. The van der Waals surface area contributed by atoms with Crippen LogP contribution in [-0.2, 0) is 14.8 Å². The molecule has 7 nitrogen and oxygen atoms in total. The number of hydrogen-bond donors (Lipinski definition) is 1. The maximum atomic E-state index is 13.1. The van der Waals surface area contributed by atoms with Crippen LogP contribution in [0.3, 0.4) is 0 Å². The van der Waals surface area contributed by atoms with Gasteiger partial charge in [-0.2, -0.15) is 0 Å². The van der Waals surface area contributed by atoms with Gasteiger partial charge in [0.25, 0.3) is 0 Å². The molecule has 1 N–H and O–H groups in total. The van der Waals surface area contributed by atoms with E-state index in [1.165, 1.54) is 6.92 Å². The average molecular weight is 489 g/mol. The second kappa shape index (κ2) is 10.6. The third kappa shape index (κ3) is 6.40. The summed E-state index contributed by atoms with van der Waals surface area (Å²) in [6, 6.07) is 19.3. The van der Waals surface area contributed by atoms with Crippen LogP contribution in [0, 0.1) is 0 Å². The lowest BCUT2D eigenvalue weighted by atomic mass is 10.2. The largest absolute Gasteiger partial charge is 0.494 e. The third-order valence-corrected chi connectivity index (χ3v) is 6.14. The van der Waals surface area contributed by atoms with Gasteiger partial charge in [-0.15, -0.1) is 0 Å². The molecule has 0 spiro atoms. The van der Waals surface area contributed by atoms with Crippen molar-refractivity contribution in [3.63, 3.8) is 0 Å². The molecule has 0 bridgehead atoms. The highest BCUT2D eigenvalue weighted by Crippen LogP contribution is 2.33. The van der Waals surface area contributed by atoms with Gasteiger partial charge in [0.15, 0.2) is 5.75 Å². The van der Waals surface area contributed by atoms with Crippen LogP contribution in [0.2, 0.25) is 5.02 Å². The zero-order chi connectivity index (χ0) is 24.0. The summed E-state index contributed by atoms with van der Waals surface area (Å²) in [5.74, 6) is 1.01. The van der Waals surface area contributed by atoms with Crippen molar-refractivity contribution < 1.29 is 22.7 Å². The summed E-state index contributed by atoms with van der Waals surface area (Å²) in [4.78, 5) is 13.1. The molecule has 0 aliphatic heterocycles. The van der Waals surface area contributed by atoms with Crippen molar-refractivity contribution in [1.29, 1.82) is 0 Å². The number of anilines is 2. The standard InChI is InChI=1S/C24H25ClN2O5S/c1-4-31-20-13-11-19(12-14-20)27(33(3,29)30)17(2)24(28)26-22-16-18(25)10-15-23(22)32-21-8-6-5-7-9-21/h5-17H,4H2,1-3H3,(H,26,28)/t17-/m0/s1. The van der Waals surface area contributed by atoms with Crippen molar-refractivity contribution in [2.75, 3.05) is 22.5 Å². The number of nitrogens with one attached hydrogen (secondary N) is 1. The summed E-state index contributed by atoms with van der Waals surface area (Å²) in [5.41, 5.74) is 0.666. The van der Waals surface area contributed by atoms with Crippen LogP contribution in [0.4, 0.5) is 11.4 Å². The molecule has 0 saturated heterocycles. The topological polar surface area (TPSA) is 84.9 Å². The Hall–Kier alpha value is -3.23. The molecule has 0 saturated carbocycles. The van der Waals surface area contributed by atoms with E-state index in [1.807, 2.05) is 25.1 Å². The molecular formula is C24H25ClN2O5S. The van der Waals surface area contributed by atoms with E-state index in [9.17, 15) is 13.2 Å². The molecule has 3 rings (SSSR count). The number of carbonyl (C=O) groups is 1.